The van der Waals surface area contributed by atoms with Gasteiger partial charge in [-0.3, -0.25) is 4.79 Å². The zero-order chi connectivity index (χ0) is 13.4. The lowest BCUT2D eigenvalue weighted by Gasteiger charge is -2.23. The molecule has 2 unspecified atom stereocenters. The van der Waals surface area contributed by atoms with Crippen molar-refractivity contribution in [3.8, 4) is 0 Å². The topological polar surface area (TPSA) is 46.3 Å². The molecule has 1 aliphatic heterocycles. The number of hydrogen-bond donors (Lipinski definition) is 1. The summed E-state index contributed by atoms with van der Waals surface area (Å²) in [5, 5.41) is 0. The van der Waals surface area contributed by atoms with E-state index in [1.807, 2.05) is 17.9 Å². The first kappa shape index (κ1) is 13.1. The van der Waals surface area contributed by atoms with E-state index in [1.54, 1.807) is 0 Å². The molecule has 2 N–H and O–H groups in total. The normalized spacial score (nSPS) is 20.2. The molecule has 0 saturated heterocycles. The Kier molecular flexibility index (Phi) is 3.44. The van der Waals surface area contributed by atoms with Crippen LogP contribution < -0.4 is 10.6 Å². The van der Waals surface area contributed by atoms with Gasteiger partial charge in [0.05, 0.1) is 5.69 Å². The summed E-state index contributed by atoms with van der Waals surface area (Å²) >= 11 is 0. The molecule has 3 heteroatoms. The van der Waals surface area contributed by atoms with E-state index in [1.165, 1.54) is 5.56 Å². The third-order valence-corrected chi connectivity index (χ3v) is 3.80. The second-order valence-corrected chi connectivity index (χ2v) is 5.46. The van der Waals surface area contributed by atoms with Crippen molar-refractivity contribution in [2.45, 2.75) is 40.2 Å². The van der Waals surface area contributed by atoms with Crippen molar-refractivity contribution in [2.24, 2.45) is 11.7 Å². The van der Waals surface area contributed by atoms with Crippen LogP contribution in [-0.2, 0) is 4.79 Å². The third kappa shape index (κ3) is 2.03. The maximum absolute atomic E-state index is 12.3. The monoisotopic (exact) mass is 246 g/mol. The highest BCUT2D eigenvalue weighted by Gasteiger charge is 2.36. The zero-order valence-electron chi connectivity index (χ0n) is 11.7. The molecule has 2 atom stereocenters. The second-order valence-electron chi connectivity index (χ2n) is 5.46. The number of nitrogens with zero attached hydrogens (tertiary/aromatic N) is 1. The van der Waals surface area contributed by atoms with Gasteiger partial charge in [0.25, 0.3) is 0 Å². The number of amides is 1. The van der Waals surface area contributed by atoms with Crippen LogP contribution in [0.5, 0.6) is 0 Å². The standard InChI is InChI=1S/C15H22N2O/c1-5-9(2)8-17-14-11(4)6-10(3)7-12(14)13(16)15(17)18/h6-7,9,13H,5,8,16H2,1-4H3. The summed E-state index contributed by atoms with van der Waals surface area (Å²) in [7, 11) is 0. The molecule has 3 nitrogen and oxygen atoms in total. The molecule has 1 heterocycles. The first-order valence-electron chi connectivity index (χ1n) is 6.63. The van der Waals surface area contributed by atoms with Crippen LogP contribution >= 0.6 is 0 Å². The molecule has 0 bridgehead atoms. The summed E-state index contributed by atoms with van der Waals surface area (Å²) in [6.45, 7) is 9.18. The fraction of sp³-hybridized carbons (Fsp3) is 0.533. The second kappa shape index (κ2) is 4.73. The number of benzene rings is 1. The van der Waals surface area contributed by atoms with E-state index in [9.17, 15) is 4.79 Å². The number of carbonyl (C=O) groups is 1. The molecule has 1 amide bonds. The number of carbonyl (C=O) groups excluding carboxylic acids is 1. The average molecular weight is 246 g/mol. The molecule has 0 aromatic heterocycles. The van der Waals surface area contributed by atoms with Gasteiger partial charge in [-0.25, -0.2) is 0 Å². The van der Waals surface area contributed by atoms with Crippen LogP contribution in [0.1, 0.15) is 43.0 Å². The van der Waals surface area contributed by atoms with Crippen LogP contribution in [0.15, 0.2) is 12.1 Å². The van der Waals surface area contributed by atoms with Gasteiger partial charge in [-0.2, -0.15) is 0 Å². The summed E-state index contributed by atoms with van der Waals surface area (Å²) in [4.78, 5) is 14.2. The Bertz CT molecular complexity index is 482. The Hall–Kier alpha value is -1.35. The molecule has 2 rings (SSSR count). The predicted octanol–water partition coefficient (Wildman–Crippen LogP) is 2.70. The van der Waals surface area contributed by atoms with Crippen LogP contribution in [-0.4, -0.2) is 12.5 Å². The zero-order valence-corrected chi connectivity index (χ0v) is 11.7. The number of fused-ring (bicyclic) bond motifs is 1. The first-order valence-corrected chi connectivity index (χ1v) is 6.63. The predicted molar refractivity (Wildman–Crippen MR) is 74.7 cm³/mol. The number of nitrogens with two attached hydrogens (primary N) is 1. The fourth-order valence-electron chi connectivity index (χ4n) is 2.63. The smallest absolute Gasteiger partial charge is 0.248 e. The summed E-state index contributed by atoms with van der Waals surface area (Å²) < 4.78 is 0. The van der Waals surface area contributed by atoms with Gasteiger partial charge < -0.3 is 10.6 Å². The molecule has 1 aromatic rings. The Morgan fingerprint density at radius 1 is 1.39 bits per heavy atom. The molecule has 18 heavy (non-hydrogen) atoms. The van der Waals surface area contributed by atoms with Gasteiger partial charge in [0, 0.05) is 12.1 Å². The van der Waals surface area contributed by atoms with Crippen molar-refractivity contribution in [1.82, 2.24) is 0 Å². The van der Waals surface area contributed by atoms with Crippen molar-refractivity contribution in [3.63, 3.8) is 0 Å². The van der Waals surface area contributed by atoms with Gasteiger partial charge in [-0.05, 0) is 25.3 Å². The molecule has 0 aliphatic carbocycles. The lowest BCUT2D eigenvalue weighted by Crippen LogP contribution is -2.35. The third-order valence-electron chi connectivity index (χ3n) is 3.80. The van der Waals surface area contributed by atoms with Crippen molar-refractivity contribution >= 4 is 11.6 Å². The lowest BCUT2D eigenvalue weighted by atomic mass is 10.0. The van der Waals surface area contributed by atoms with Gasteiger partial charge in [0.15, 0.2) is 0 Å². The van der Waals surface area contributed by atoms with Crippen LogP contribution in [0.4, 0.5) is 5.69 Å². The number of anilines is 1. The van der Waals surface area contributed by atoms with Crippen LogP contribution in [0.2, 0.25) is 0 Å². The Morgan fingerprint density at radius 3 is 2.67 bits per heavy atom. The first-order chi connectivity index (χ1) is 8.45. The van der Waals surface area contributed by atoms with E-state index in [0.717, 1.165) is 29.8 Å². The van der Waals surface area contributed by atoms with Crippen LogP contribution in [0, 0.1) is 19.8 Å². The molecule has 1 aromatic carbocycles. The van der Waals surface area contributed by atoms with Crippen LogP contribution in [0.3, 0.4) is 0 Å². The maximum atomic E-state index is 12.3. The van der Waals surface area contributed by atoms with E-state index in [0.29, 0.717) is 5.92 Å². The highest BCUT2D eigenvalue weighted by atomic mass is 16.2. The van der Waals surface area contributed by atoms with Gasteiger partial charge in [0.1, 0.15) is 6.04 Å². The van der Waals surface area contributed by atoms with Crippen LogP contribution in [0.25, 0.3) is 0 Å². The van der Waals surface area contributed by atoms with E-state index >= 15 is 0 Å². The number of aryl methyl sites for hydroxylation is 2. The minimum atomic E-state index is -0.484. The minimum absolute atomic E-state index is 0.0407. The summed E-state index contributed by atoms with van der Waals surface area (Å²) in [6, 6.07) is 3.68. The largest absolute Gasteiger partial charge is 0.316 e. The SMILES string of the molecule is CCC(C)CN1C(=O)C(N)c2cc(C)cc(C)c21. The Labute approximate surface area is 109 Å². The number of rotatable bonds is 3. The molecular weight excluding hydrogens is 224 g/mol. The highest BCUT2D eigenvalue weighted by Crippen LogP contribution is 2.38. The van der Waals surface area contributed by atoms with E-state index in [4.69, 9.17) is 5.73 Å². The molecule has 0 spiro atoms. The Morgan fingerprint density at radius 2 is 2.06 bits per heavy atom. The Balaban J connectivity index is 2.45. The summed E-state index contributed by atoms with van der Waals surface area (Å²) in [5.74, 6) is 0.534. The molecule has 1 aliphatic rings. The molecule has 0 saturated carbocycles. The molecule has 0 fully saturated rings. The van der Waals surface area contributed by atoms with Gasteiger partial charge >= 0.3 is 0 Å². The minimum Gasteiger partial charge on any atom is -0.316 e. The maximum Gasteiger partial charge on any atom is 0.248 e. The van der Waals surface area contributed by atoms with Crippen molar-refractivity contribution in [2.75, 3.05) is 11.4 Å². The van der Waals surface area contributed by atoms with E-state index in [-0.39, 0.29) is 5.91 Å². The van der Waals surface area contributed by atoms with Gasteiger partial charge in [0.2, 0.25) is 5.91 Å². The number of hydrogen-bond acceptors (Lipinski definition) is 2. The molecule has 98 valence electrons. The lowest BCUT2D eigenvalue weighted by molar-refractivity contribution is -0.119. The highest BCUT2D eigenvalue weighted by molar-refractivity contribution is 6.05. The van der Waals surface area contributed by atoms with Crippen molar-refractivity contribution in [1.29, 1.82) is 0 Å². The molecular formula is C15H22N2O. The summed E-state index contributed by atoms with van der Waals surface area (Å²) in [6.07, 6.45) is 1.07. The quantitative estimate of drug-likeness (QED) is 0.891. The average Bonchev–Trinajstić information content (AvgIpc) is 2.54. The van der Waals surface area contributed by atoms with E-state index in [2.05, 4.69) is 26.8 Å². The van der Waals surface area contributed by atoms with Gasteiger partial charge in [-0.15, -0.1) is 0 Å². The summed E-state index contributed by atoms with van der Waals surface area (Å²) in [5.41, 5.74) is 10.4. The fourth-order valence-corrected chi connectivity index (χ4v) is 2.63. The van der Waals surface area contributed by atoms with Crippen molar-refractivity contribution in [3.05, 3.63) is 28.8 Å². The van der Waals surface area contributed by atoms with Crippen molar-refractivity contribution < 1.29 is 4.79 Å². The van der Waals surface area contributed by atoms with E-state index < -0.39 is 6.04 Å². The molecule has 0 radical (unpaired) electrons. The van der Waals surface area contributed by atoms with Gasteiger partial charge in [-0.1, -0.05) is 38.0 Å².